The molecular formula is C32H36N4O2S. The largest absolute Gasteiger partial charge is 0.379 e. The number of ether oxygens (including phenoxy) is 1. The van der Waals surface area contributed by atoms with Crippen LogP contribution in [0.3, 0.4) is 0 Å². The molecule has 0 spiro atoms. The Hall–Kier alpha value is -3.39. The summed E-state index contributed by atoms with van der Waals surface area (Å²) >= 11 is 1.76. The van der Waals surface area contributed by atoms with E-state index in [9.17, 15) is 4.79 Å². The molecule has 1 amide bonds. The van der Waals surface area contributed by atoms with Gasteiger partial charge in [-0.25, -0.2) is 4.98 Å². The molecule has 0 aliphatic carbocycles. The number of benzene rings is 3. The number of para-hydroxylation sites is 1. The number of thioether (sulfide) groups is 1. The van der Waals surface area contributed by atoms with Gasteiger partial charge in [-0.2, -0.15) is 0 Å². The Bertz CT molecular complexity index is 1310. The Kier molecular flexibility index (Phi) is 9.85. The Morgan fingerprint density at radius 1 is 0.846 bits per heavy atom. The van der Waals surface area contributed by atoms with Crippen molar-refractivity contribution in [3.63, 3.8) is 0 Å². The van der Waals surface area contributed by atoms with Crippen LogP contribution in [0.15, 0.2) is 96.2 Å². The second-order valence-corrected chi connectivity index (χ2v) is 10.7. The lowest BCUT2D eigenvalue weighted by atomic mass is 10.0. The zero-order valence-corrected chi connectivity index (χ0v) is 23.1. The predicted molar refractivity (Wildman–Crippen MR) is 159 cm³/mol. The second-order valence-electron chi connectivity index (χ2n) is 9.60. The first kappa shape index (κ1) is 27.2. The van der Waals surface area contributed by atoms with Crippen LogP contribution in [0.1, 0.15) is 19.3 Å². The number of morpholine rings is 1. The maximum atomic E-state index is 12.3. The van der Waals surface area contributed by atoms with E-state index in [1.807, 2.05) is 18.2 Å². The number of carbonyl (C=O) groups excluding carboxylic acids is 1. The van der Waals surface area contributed by atoms with Gasteiger partial charge in [0.25, 0.3) is 0 Å². The van der Waals surface area contributed by atoms with Crippen molar-refractivity contribution in [2.45, 2.75) is 24.4 Å². The summed E-state index contributed by atoms with van der Waals surface area (Å²) in [5, 5.41) is 4.04. The fourth-order valence-corrected chi connectivity index (χ4v) is 5.80. The van der Waals surface area contributed by atoms with Crippen LogP contribution < -0.4 is 5.32 Å². The highest BCUT2D eigenvalue weighted by Gasteiger charge is 2.21. The van der Waals surface area contributed by atoms with E-state index in [1.54, 1.807) is 11.8 Å². The van der Waals surface area contributed by atoms with Crippen molar-refractivity contribution in [1.82, 2.24) is 19.8 Å². The van der Waals surface area contributed by atoms with Crippen molar-refractivity contribution in [2.75, 3.05) is 45.1 Å². The summed E-state index contributed by atoms with van der Waals surface area (Å²) in [7, 11) is 0. The molecule has 3 aromatic carbocycles. The maximum Gasteiger partial charge on any atom is 0.220 e. The number of carbonyl (C=O) groups is 1. The van der Waals surface area contributed by atoms with E-state index in [0.717, 1.165) is 84.8 Å². The van der Waals surface area contributed by atoms with Crippen LogP contribution in [0.5, 0.6) is 0 Å². The van der Waals surface area contributed by atoms with Crippen LogP contribution in [0.25, 0.3) is 28.2 Å². The molecule has 0 saturated carbocycles. The molecular weight excluding hydrogens is 504 g/mol. The van der Waals surface area contributed by atoms with Crippen molar-refractivity contribution in [1.29, 1.82) is 0 Å². The second kappa shape index (κ2) is 14.1. The molecule has 0 radical (unpaired) electrons. The van der Waals surface area contributed by atoms with Gasteiger partial charge in [0.2, 0.25) is 5.91 Å². The van der Waals surface area contributed by atoms with Crippen LogP contribution in [0.2, 0.25) is 0 Å². The molecule has 1 aliphatic rings. The highest BCUT2D eigenvalue weighted by atomic mass is 32.2. The first-order valence-electron chi connectivity index (χ1n) is 13.8. The minimum Gasteiger partial charge on any atom is -0.379 e. The quantitative estimate of drug-likeness (QED) is 0.179. The summed E-state index contributed by atoms with van der Waals surface area (Å²) in [5.41, 5.74) is 5.39. The zero-order valence-electron chi connectivity index (χ0n) is 22.3. The summed E-state index contributed by atoms with van der Waals surface area (Å²) in [5.74, 6) is 1.03. The predicted octanol–water partition coefficient (Wildman–Crippen LogP) is 5.92. The Morgan fingerprint density at radius 3 is 2.18 bits per heavy atom. The molecule has 1 fully saturated rings. The van der Waals surface area contributed by atoms with Gasteiger partial charge in [-0.1, -0.05) is 90.6 Å². The average molecular weight is 541 g/mol. The molecule has 5 rings (SSSR count). The number of unbranched alkanes of at least 4 members (excludes halogenated alkanes) is 1. The van der Waals surface area contributed by atoms with E-state index in [1.165, 1.54) is 0 Å². The van der Waals surface area contributed by atoms with Gasteiger partial charge in [-0.15, -0.1) is 0 Å². The van der Waals surface area contributed by atoms with Crippen molar-refractivity contribution >= 4 is 17.7 Å². The minimum atomic E-state index is 0.136. The lowest BCUT2D eigenvalue weighted by Crippen LogP contribution is -2.41. The third kappa shape index (κ3) is 7.38. The molecule has 2 heterocycles. The summed E-state index contributed by atoms with van der Waals surface area (Å²) in [6, 6.07) is 31.3. The number of aromatic nitrogens is 2. The number of imidazole rings is 1. The molecule has 4 aromatic rings. The summed E-state index contributed by atoms with van der Waals surface area (Å²) in [4.78, 5) is 19.9. The number of amides is 1. The number of rotatable bonds is 12. The molecule has 1 aliphatic heterocycles. The van der Waals surface area contributed by atoms with Crippen molar-refractivity contribution in [3.05, 3.63) is 91.0 Å². The third-order valence-corrected chi connectivity index (χ3v) is 7.86. The Labute approximate surface area is 235 Å². The fourth-order valence-electron chi connectivity index (χ4n) is 4.79. The molecule has 202 valence electrons. The van der Waals surface area contributed by atoms with Crippen LogP contribution in [-0.4, -0.2) is 65.5 Å². The molecule has 0 atom stereocenters. The van der Waals surface area contributed by atoms with Crippen molar-refractivity contribution in [3.8, 4) is 28.2 Å². The molecule has 0 bridgehead atoms. The molecule has 39 heavy (non-hydrogen) atoms. The average Bonchev–Trinajstić information content (AvgIpc) is 3.38. The smallest absolute Gasteiger partial charge is 0.220 e. The van der Waals surface area contributed by atoms with Gasteiger partial charge in [0, 0.05) is 55.2 Å². The van der Waals surface area contributed by atoms with Gasteiger partial charge >= 0.3 is 0 Å². The number of nitrogens with zero attached hydrogens (tertiary/aromatic N) is 3. The monoisotopic (exact) mass is 540 g/mol. The Balaban J connectivity index is 1.26. The highest BCUT2D eigenvalue weighted by Crippen LogP contribution is 2.38. The third-order valence-electron chi connectivity index (χ3n) is 6.84. The first-order valence-corrected chi connectivity index (χ1v) is 14.8. The van der Waals surface area contributed by atoms with Crippen LogP contribution in [-0.2, 0) is 9.53 Å². The van der Waals surface area contributed by atoms with E-state index < -0.39 is 0 Å². The lowest BCUT2D eigenvalue weighted by molar-refractivity contribution is -0.121. The van der Waals surface area contributed by atoms with Gasteiger partial charge < -0.3 is 10.1 Å². The van der Waals surface area contributed by atoms with E-state index in [4.69, 9.17) is 9.72 Å². The molecule has 0 unspecified atom stereocenters. The van der Waals surface area contributed by atoms with Crippen LogP contribution in [0.4, 0.5) is 0 Å². The van der Waals surface area contributed by atoms with E-state index >= 15 is 0 Å². The Morgan fingerprint density at radius 2 is 1.49 bits per heavy atom. The van der Waals surface area contributed by atoms with Crippen molar-refractivity contribution < 1.29 is 9.53 Å². The molecule has 6 nitrogen and oxygen atoms in total. The lowest BCUT2D eigenvalue weighted by Gasteiger charge is -2.26. The van der Waals surface area contributed by atoms with Gasteiger partial charge in [0.05, 0.1) is 24.6 Å². The minimum absolute atomic E-state index is 0.136. The van der Waals surface area contributed by atoms with Gasteiger partial charge in [-0.3, -0.25) is 14.3 Å². The van der Waals surface area contributed by atoms with E-state index in [0.29, 0.717) is 13.0 Å². The SMILES string of the molecule is O=C(CCCCSc1nc(-c2ccccc2)c(-c2ccccc2)n1-c1ccccc1)NCCN1CCOCC1. The van der Waals surface area contributed by atoms with Gasteiger partial charge in [-0.05, 0) is 25.0 Å². The summed E-state index contributed by atoms with van der Waals surface area (Å²) in [6.45, 7) is 5.06. The normalized spacial score (nSPS) is 13.8. The topological polar surface area (TPSA) is 59.4 Å². The van der Waals surface area contributed by atoms with Crippen LogP contribution >= 0.6 is 11.8 Å². The van der Waals surface area contributed by atoms with Gasteiger partial charge in [0.15, 0.2) is 5.16 Å². The maximum absolute atomic E-state index is 12.3. The molecule has 1 N–H and O–H groups in total. The van der Waals surface area contributed by atoms with Gasteiger partial charge in [0.1, 0.15) is 0 Å². The van der Waals surface area contributed by atoms with Crippen LogP contribution in [0, 0.1) is 0 Å². The number of hydrogen-bond acceptors (Lipinski definition) is 5. The zero-order chi connectivity index (χ0) is 26.7. The molecule has 1 aromatic heterocycles. The van der Waals surface area contributed by atoms with Crippen molar-refractivity contribution in [2.24, 2.45) is 0 Å². The summed E-state index contributed by atoms with van der Waals surface area (Å²) in [6.07, 6.45) is 2.37. The van der Waals surface area contributed by atoms with E-state index in [2.05, 4.69) is 87.6 Å². The fraction of sp³-hybridized carbons (Fsp3) is 0.312. The number of hydrogen-bond donors (Lipinski definition) is 1. The molecule has 1 saturated heterocycles. The standard InChI is InChI=1S/C32H36N4O2S/c37-29(33-19-20-35-21-23-38-24-22-35)18-10-11-25-39-32-34-30(26-12-4-1-5-13-26)31(27-14-6-2-7-15-27)36(32)28-16-8-3-9-17-28/h1-9,12-17H,10-11,18-25H2,(H,33,37). The molecule has 7 heteroatoms. The van der Waals surface area contributed by atoms with E-state index in [-0.39, 0.29) is 5.91 Å². The summed E-state index contributed by atoms with van der Waals surface area (Å²) < 4.78 is 7.66. The highest BCUT2D eigenvalue weighted by molar-refractivity contribution is 7.99. The number of nitrogens with one attached hydrogen (secondary N) is 1. The first-order chi connectivity index (χ1) is 19.3.